The molecule has 0 aliphatic rings. The van der Waals surface area contributed by atoms with Crippen LogP contribution in [0.1, 0.15) is 52.6 Å². The van der Waals surface area contributed by atoms with E-state index in [0.29, 0.717) is 0 Å². The molecule has 0 aliphatic carbocycles. The van der Waals surface area contributed by atoms with E-state index < -0.39 is 0 Å². The maximum Gasteiger partial charge on any atom is 0.119 e. The van der Waals surface area contributed by atoms with Crippen LogP contribution in [0.2, 0.25) is 0 Å². The SMILES string of the molecule is CCNC(c1ccc(OC(C)C)cc1)C(CC)OCC. The van der Waals surface area contributed by atoms with Crippen LogP contribution in [-0.2, 0) is 4.74 Å². The van der Waals surface area contributed by atoms with Crippen molar-refractivity contribution < 1.29 is 9.47 Å². The smallest absolute Gasteiger partial charge is 0.119 e. The fraction of sp³-hybridized carbons (Fsp3) is 0.647. The number of benzene rings is 1. The molecule has 0 heterocycles. The van der Waals surface area contributed by atoms with Crippen molar-refractivity contribution in [3.8, 4) is 5.75 Å². The Morgan fingerprint density at radius 3 is 2.15 bits per heavy atom. The molecule has 3 heteroatoms. The van der Waals surface area contributed by atoms with E-state index in [2.05, 4.69) is 31.3 Å². The van der Waals surface area contributed by atoms with Crippen LogP contribution in [0.5, 0.6) is 5.75 Å². The number of hydrogen-bond donors (Lipinski definition) is 1. The molecular formula is C17H29NO2. The van der Waals surface area contributed by atoms with Crippen molar-refractivity contribution >= 4 is 0 Å². The van der Waals surface area contributed by atoms with E-state index in [1.54, 1.807) is 0 Å². The second-order valence-electron chi connectivity index (χ2n) is 5.17. The van der Waals surface area contributed by atoms with Gasteiger partial charge in [-0.3, -0.25) is 0 Å². The van der Waals surface area contributed by atoms with Gasteiger partial charge in [0.05, 0.1) is 18.2 Å². The molecule has 20 heavy (non-hydrogen) atoms. The Hall–Kier alpha value is -1.06. The van der Waals surface area contributed by atoms with Crippen molar-refractivity contribution in [2.75, 3.05) is 13.2 Å². The fourth-order valence-corrected chi connectivity index (χ4v) is 2.37. The lowest BCUT2D eigenvalue weighted by molar-refractivity contribution is 0.0318. The third-order valence-corrected chi connectivity index (χ3v) is 3.19. The maximum absolute atomic E-state index is 5.86. The van der Waals surface area contributed by atoms with Crippen molar-refractivity contribution in [1.29, 1.82) is 0 Å². The molecule has 0 saturated carbocycles. The molecule has 114 valence electrons. The minimum absolute atomic E-state index is 0.205. The first-order valence-electron chi connectivity index (χ1n) is 7.73. The van der Waals surface area contributed by atoms with Gasteiger partial charge in [-0.15, -0.1) is 0 Å². The summed E-state index contributed by atoms with van der Waals surface area (Å²) >= 11 is 0. The first-order chi connectivity index (χ1) is 9.62. The van der Waals surface area contributed by atoms with Crippen molar-refractivity contribution in [2.45, 2.75) is 59.3 Å². The summed E-state index contributed by atoms with van der Waals surface area (Å²) in [6.45, 7) is 12.1. The lowest BCUT2D eigenvalue weighted by atomic mass is 9.99. The van der Waals surface area contributed by atoms with Crippen LogP contribution < -0.4 is 10.1 Å². The highest BCUT2D eigenvalue weighted by atomic mass is 16.5. The molecule has 1 aromatic rings. The molecule has 0 aliphatic heterocycles. The topological polar surface area (TPSA) is 30.5 Å². The Bertz CT molecular complexity index is 362. The van der Waals surface area contributed by atoms with Gasteiger partial charge in [0.15, 0.2) is 0 Å². The minimum Gasteiger partial charge on any atom is -0.491 e. The van der Waals surface area contributed by atoms with Crippen LogP contribution >= 0.6 is 0 Å². The highest BCUT2D eigenvalue weighted by Crippen LogP contribution is 2.24. The van der Waals surface area contributed by atoms with Gasteiger partial charge in [0.1, 0.15) is 5.75 Å². The molecule has 0 bridgehead atoms. The van der Waals surface area contributed by atoms with E-state index in [1.807, 2.05) is 32.9 Å². The third kappa shape index (κ3) is 5.14. The summed E-state index contributed by atoms with van der Waals surface area (Å²) < 4.78 is 11.6. The van der Waals surface area contributed by atoms with E-state index in [9.17, 15) is 0 Å². The molecule has 0 aromatic heterocycles. The summed E-state index contributed by atoms with van der Waals surface area (Å²) in [4.78, 5) is 0. The maximum atomic E-state index is 5.86. The zero-order chi connectivity index (χ0) is 15.0. The zero-order valence-electron chi connectivity index (χ0n) is 13.5. The lowest BCUT2D eigenvalue weighted by Crippen LogP contribution is -2.33. The number of rotatable bonds is 9. The van der Waals surface area contributed by atoms with Crippen molar-refractivity contribution in [1.82, 2.24) is 5.32 Å². The molecule has 0 radical (unpaired) electrons. The fourth-order valence-electron chi connectivity index (χ4n) is 2.37. The summed E-state index contributed by atoms with van der Waals surface area (Å²) in [7, 11) is 0. The first kappa shape index (κ1) is 17.0. The monoisotopic (exact) mass is 279 g/mol. The van der Waals surface area contributed by atoms with Crippen LogP contribution in [0, 0.1) is 0 Å². The van der Waals surface area contributed by atoms with E-state index in [1.165, 1.54) is 5.56 Å². The summed E-state index contributed by atoms with van der Waals surface area (Å²) in [5.74, 6) is 0.920. The Morgan fingerprint density at radius 1 is 1.05 bits per heavy atom. The predicted molar refractivity (Wildman–Crippen MR) is 84.3 cm³/mol. The number of nitrogens with one attached hydrogen (secondary N) is 1. The normalized spacial score (nSPS) is 14.3. The van der Waals surface area contributed by atoms with E-state index in [4.69, 9.17) is 9.47 Å². The van der Waals surface area contributed by atoms with Crippen LogP contribution in [-0.4, -0.2) is 25.4 Å². The highest BCUT2D eigenvalue weighted by molar-refractivity contribution is 5.30. The van der Waals surface area contributed by atoms with Crippen LogP contribution in [0.4, 0.5) is 0 Å². The second-order valence-corrected chi connectivity index (χ2v) is 5.17. The summed E-state index contributed by atoms with van der Waals surface area (Å²) in [5, 5.41) is 3.53. The molecular weight excluding hydrogens is 250 g/mol. The standard InChI is InChI=1S/C17H29NO2/c1-6-16(19-8-3)17(18-7-2)14-9-11-15(12-10-14)20-13(4)5/h9-13,16-18H,6-8H2,1-5H3. The molecule has 0 saturated heterocycles. The van der Waals surface area contributed by atoms with E-state index >= 15 is 0 Å². The van der Waals surface area contributed by atoms with Gasteiger partial charge < -0.3 is 14.8 Å². The van der Waals surface area contributed by atoms with E-state index in [0.717, 1.165) is 25.3 Å². The summed E-state index contributed by atoms with van der Waals surface area (Å²) in [5.41, 5.74) is 1.25. The Balaban J connectivity index is 2.85. The van der Waals surface area contributed by atoms with Gasteiger partial charge in [-0.1, -0.05) is 26.0 Å². The quantitative estimate of drug-likeness (QED) is 0.742. The third-order valence-electron chi connectivity index (χ3n) is 3.19. The van der Waals surface area contributed by atoms with Crippen LogP contribution in [0.15, 0.2) is 24.3 Å². The summed E-state index contributed by atoms with van der Waals surface area (Å²) in [6, 6.07) is 8.58. The molecule has 0 amide bonds. The van der Waals surface area contributed by atoms with Gasteiger partial charge in [-0.25, -0.2) is 0 Å². The Morgan fingerprint density at radius 2 is 1.70 bits per heavy atom. The van der Waals surface area contributed by atoms with Gasteiger partial charge in [-0.2, -0.15) is 0 Å². The average Bonchev–Trinajstić information content (AvgIpc) is 2.43. The molecule has 0 spiro atoms. The van der Waals surface area contributed by atoms with Gasteiger partial charge in [0.25, 0.3) is 0 Å². The second kappa shape index (κ2) is 8.98. The predicted octanol–water partition coefficient (Wildman–Crippen LogP) is 3.94. The van der Waals surface area contributed by atoms with Gasteiger partial charge in [-0.05, 0) is 51.4 Å². The Kier molecular flexibility index (Phi) is 7.63. The minimum atomic E-state index is 0.205. The van der Waals surface area contributed by atoms with E-state index in [-0.39, 0.29) is 18.2 Å². The van der Waals surface area contributed by atoms with Crippen molar-refractivity contribution in [2.24, 2.45) is 0 Å². The first-order valence-corrected chi connectivity index (χ1v) is 7.73. The average molecular weight is 279 g/mol. The molecule has 2 atom stereocenters. The Labute approximate surface area is 123 Å². The van der Waals surface area contributed by atoms with Crippen LogP contribution in [0.3, 0.4) is 0 Å². The van der Waals surface area contributed by atoms with Gasteiger partial charge >= 0.3 is 0 Å². The molecule has 1 rings (SSSR count). The molecule has 0 fully saturated rings. The lowest BCUT2D eigenvalue weighted by Gasteiger charge is -2.27. The number of hydrogen-bond acceptors (Lipinski definition) is 3. The summed E-state index contributed by atoms with van der Waals surface area (Å²) in [6.07, 6.45) is 1.41. The van der Waals surface area contributed by atoms with Crippen LogP contribution in [0.25, 0.3) is 0 Å². The van der Waals surface area contributed by atoms with Crippen molar-refractivity contribution in [3.05, 3.63) is 29.8 Å². The van der Waals surface area contributed by atoms with Gasteiger partial charge in [0, 0.05) is 6.61 Å². The number of likely N-dealkylation sites (N-methyl/N-ethyl adjacent to an activating group) is 1. The number of ether oxygens (including phenoxy) is 2. The molecule has 1 aromatic carbocycles. The largest absolute Gasteiger partial charge is 0.491 e. The molecule has 3 nitrogen and oxygen atoms in total. The highest BCUT2D eigenvalue weighted by Gasteiger charge is 2.21. The van der Waals surface area contributed by atoms with Gasteiger partial charge in [0.2, 0.25) is 0 Å². The van der Waals surface area contributed by atoms with Crippen molar-refractivity contribution in [3.63, 3.8) is 0 Å². The zero-order valence-corrected chi connectivity index (χ0v) is 13.5. The molecule has 1 N–H and O–H groups in total. The molecule has 2 unspecified atom stereocenters.